The van der Waals surface area contributed by atoms with Crippen molar-refractivity contribution in [1.29, 1.82) is 0 Å². The number of carbonyl (C=O) groups is 3. The van der Waals surface area contributed by atoms with Gasteiger partial charge in [-0.1, -0.05) is 45.0 Å². The zero-order chi connectivity index (χ0) is 24.9. The molecule has 1 aromatic carbocycles. The topological polar surface area (TPSA) is 91.4 Å². The number of carbonyl (C=O) groups excluding carboxylic acids is 3. The largest absolute Gasteiger partial charge is 0.350 e. The van der Waals surface area contributed by atoms with Crippen LogP contribution in [0.4, 0.5) is 0 Å². The van der Waals surface area contributed by atoms with Crippen LogP contribution < -0.4 is 10.6 Å². The lowest BCUT2D eigenvalue weighted by atomic mass is 9.85. The summed E-state index contributed by atoms with van der Waals surface area (Å²) in [6.07, 6.45) is 3.24. The van der Waals surface area contributed by atoms with E-state index in [0.717, 1.165) is 28.1 Å². The molecule has 1 aromatic heterocycles. The zero-order valence-electron chi connectivity index (χ0n) is 20.5. The van der Waals surface area contributed by atoms with Crippen molar-refractivity contribution in [2.75, 3.05) is 18.6 Å². The molecule has 1 aliphatic rings. The van der Waals surface area contributed by atoms with Gasteiger partial charge in [0.1, 0.15) is 12.1 Å². The van der Waals surface area contributed by atoms with E-state index in [0.29, 0.717) is 25.3 Å². The van der Waals surface area contributed by atoms with E-state index in [4.69, 9.17) is 0 Å². The first kappa shape index (κ1) is 26.2. The van der Waals surface area contributed by atoms with Crippen molar-refractivity contribution in [3.8, 4) is 10.4 Å². The van der Waals surface area contributed by atoms with Crippen LogP contribution in [-0.4, -0.2) is 58.2 Å². The minimum atomic E-state index is -0.678. The highest BCUT2D eigenvalue weighted by molar-refractivity contribution is 7.99. The van der Waals surface area contributed by atoms with Gasteiger partial charge in [0.15, 0.2) is 0 Å². The second-order valence-corrected chi connectivity index (χ2v) is 11.4. The van der Waals surface area contributed by atoms with Gasteiger partial charge in [-0.25, -0.2) is 4.98 Å². The molecule has 1 saturated heterocycles. The third kappa shape index (κ3) is 6.39. The third-order valence-corrected chi connectivity index (χ3v) is 7.49. The van der Waals surface area contributed by atoms with Crippen molar-refractivity contribution < 1.29 is 14.4 Å². The minimum absolute atomic E-state index is 0.156. The summed E-state index contributed by atoms with van der Waals surface area (Å²) in [5, 5.41) is 5.88. The Labute approximate surface area is 210 Å². The van der Waals surface area contributed by atoms with Crippen LogP contribution in [0.15, 0.2) is 29.8 Å². The monoisotopic (exact) mass is 502 g/mol. The summed E-state index contributed by atoms with van der Waals surface area (Å²) in [7, 11) is 0. The van der Waals surface area contributed by atoms with E-state index in [1.807, 2.05) is 63.7 Å². The van der Waals surface area contributed by atoms with Crippen molar-refractivity contribution in [1.82, 2.24) is 20.5 Å². The maximum absolute atomic E-state index is 13.4. The van der Waals surface area contributed by atoms with E-state index in [1.54, 1.807) is 16.2 Å². The number of rotatable bonds is 8. The Hall–Kier alpha value is -2.39. The molecule has 3 rings (SSSR count). The number of hydrogen-bond acceptors (Lipinski definition) is 6. The zero-order valence-corrected chi connectivity index (χ0v) is 22.1. The maximum atomic E-state index is 13.4. The van der Waals surface area contributed by atoms with Crippen LogP contribution in [0.3, 0.4) is 0 Å². The Balaban J connectivity index is 1.63. The predicted octanol–water partition coefficient (Wildman–Crippen LogP) is 3.62. The summed E-state index contributed by atoms with van der Waals surface area (Å²) < 4.78 is 0. The van der Waals surface area contributed by atoms with Gasteiger partial charge < -0.3 is 15.5 Å². The first-order valence-corrected chi connectivity index (χ1v) is 13.7. The van der Waals surface area contributed by atoms with Gasteiger partial charge >= 0.3 is 0 Å². The van der Waals surface area contributed by atoms with E-state index in [9.17, 15) is 14.4 Å². The molecular weight excluding hydrogens is 468 g/mol. The van der Waals surface area contributed by atoms with Crippen molar-refractivity contribution in [3.63, 3.8) is 0 Å². The molecule has 2 N–H and O–H groups in total. The van der Waals surface area contributed by atoms with E-state index < -0.39 is 17.5 Å². The highest BCUT2D eigenvalue weighted by Gasteiger charge is 2.41. The molecule has 0 spiro atoms. The third-order valence-electron chi connectivity index (χ3n) is 5.96. The average molecular weight is 503 g/mol. The van der Waals surface area contributed by atoms with Crippen molar-refractivity contribution in [2.45, 2.75) is 59.2 Å². The maximum Gasteiger partial charge on any atom is 0.246 e. The number of nitrogens with one attached hydrogen (secondary N) is 2. The molecule has 3 amide bonds. The first-order valence-electron chi connectivity index (χ1n) is 11.5. The second kappa shape index (κ2) is 11.4. The van der Waals surface area contributed by atoms with Gasteiger partial charge in [-0.3, -0.25) is 14.4 Å². The first-order chi connectivity index (χ1) is 16.1. The lowest BCUT2D eigenvalue weighted by molar-refractivity contribution is -0.143. The predicted molar refractivity (Wildman–Crippen MR) is 139 cm³/mol. The second-order valence-electron chi connectivity index (χ2n) is 9.67. The van der Waals surface area contributed by atoms with Crippen LogP contribution in [0.2, 0.25) is 0 Å². The summed E-state index contributed by atoms with van der Waals surface area (Å²) in [5.74, 6) is -0.219. The van der Waals surface area contributed by atoms with E-state index in [-0.39, 0.29) is 17.7 Å². The molecule has 34 heavy (non-hydrogen) atoms. The van der Waals surface area contributed by atoms with Gasteiger partial charge in [-0.05, 0) is 42.6 Å². The molecule has 1 aliphatic heterocycles. The van der Waals surface area contributed by atoms with Gasteiger partial charge in [0.2, 0.25) is 17.7 Å². The average Bonchev–Trinajstić information content (AvgIpc) is 3.44. The summed E-state index contributed by atoms with van der Waals surface area (Å²) in [6.45, 7) is 8.69. The van der Waals surface area contributed by atoms with Gasteiger partial charge in [0.05, 0.1) is 21.8 Å². The van der Waals surface area contributed by atoms with E-state index in [2.05, 4.69) is 15.6 Å². The Kier molecular flexibility index (Phi) is 8.76. The van der Waals surface area contributed by atoms with Gasteiger partial charge in [0.25, 0.3) is 0 Å². The number of likely N-dealkylation sites (tertiary alicyclic amines) is 1. The smallest absolute Gasteiger partial charge is 0.246 e. The summed E-state index contributed by atoms with van der Waals surface area (Å²) in [4.78, 5) is 45.8. The summed E-state index contributed by atoms with van der Waals surface area (Å²) >= 11 is 3.02. The molecule has 0 radical (unpaired) electrons. The van der Waals surface area contributed by atoms with Gasteiger partial charge in [-0.15, -0.1) is 11.3 Å². The number of nitrogens with zero attached hydrogens (tertiary/aromatic N) is 2. The molecule has 0 saturated carbocycles. The van der Waals surface area contributed by atoms with Gasteiger partial charge in [-0.2, -0.15) is 11.8 Å². The molecule has 7 nitrogen and oxygen atoms in total. The van der Waals surface area contributed by atoms with Gasteiger partial charge in [0, 0.05) is 13.1 Å². The number of aryl methyl sites for hydroxylation is 1. The van der Waals surface area contributed by atoms with Crippen molar-refractivity contribution in [3.05, 3.63) is 41.0 Å². The van der Waals surface area contributed by atoms with E-state index in [1.165, 1.54) is 11.8 Å². The van der Waals surface area contributed by atoms with Crippen molar-refractivity contribution >= 4 is 40.8 Å². The summed E-state index contributed by atoms with van der Waals surface area (Å²) in [5.41, 5.74) is 4.49. The number of thioether (sulfide) groups is 1. The van der Waals surface area contributed by atoms with Crippen LogP contribution in [0, 0.1) is 12.3 Å². The number of amides is 3. The lowest BCUT2D eigenvalue weighted by Crippen LogP contribution is -2.57. The van der Waals surface area contributed by atoms with Crippen molar-refractivity contribution in [2.24, 2.45) is 5.41 Å². The quantitative estimate of drug-likeness (QED) is 0.575. The fourth-order valence-corrected chi connectivity index (χ4v) is 5.27. The Morgan fingerprint density at radius 1 is 1.24 bits per heavy atom. The number of hydrogen-bond donors (Lipinski definition) is 2. The Morgan fingerprint density at radius 2 is 1.94 bits per heavy atom. The highest BCUT2D eigenvalue weighted by Crippen LogP contribution is 2.28. The molecule has 0 aliphatic carbocycles. The molecule has 0 bridgehead atoms. The summed E-state index contributed by atoms with van der Waals surface area (Å²) in [6, 6.07) is 6.89. The normalized spacial score (nSPS) is 16.9. The number of aromatic nitrogens is 1. The molecule has 184 valence electrons. The molecule has 2 atom stereocenters. The Bertz CT molecular complexity index is 1010. The van der Waals surface area contributed by atoms with Crippen LogP contribution in [0.1, 0.15) is 44.9 Å². The minimum Gasteiger partial charge on any atom is -0.350 e. The van der Waals surface area contributed by atoms with Crippen LogP contribution in [-0.2, 0) is 20.9 Å². The standard InChI is InChI=1S/C25H34N4O3S2/c1-16-21(34-15-27-16)18-10-8-17(9-11-18)13-26-23(31)19-7-6-12-29(19)24(32)22(25(2,3)4)28-20(30)14-33-5/h8-11,15,19,22H,6-7,12-14H2,1-5H3,(H,26,31)(H,28,30)/t19-,22?/m0/s1. The molecule has 2 heterocycles. The molecule has 1 fully saturated rings. The van der Waals surface area contributed by atoms with Crippen LogP contribution >= 0.6 is 23.1 Å². The Morgan fingerprint density at radius 3 is 2.53 bits per heavy atom. The molecule has 9 heteroatoms. The van der Waals surface area contributed by atoms with E-state index >= 15 is 0 Å². The van der Waals surface area contributed by atoms with Crippen LogP contribution in [0.5, 0.6) is 0 Å². The highest BCUT2D eigenvalue weighted by atomic mass is 32.2. The number of benzene rings is 1. The van der Waals surface area contributed by atoms with Crippen LogP contribution in [0.25, 0.3) is 10.4 Å². The SMILES string of the molecule is CSCC(=O)NC(C(=O)N1CCC[C@H]1C(=O)NCc1ccc(-c2scnc2C)cc1)C(C)(C)C. The molecule has 2 aromatic rings. The molecular formula is C25H34N4O3S2. The number of thiazole rings is 1. The lowest BCUT2D eigenvalue weighted by Gasteiger charge is -2.35. The fourth-order valence-electron chi connectivity index (χ4n) is 4.11. The molecule has 1 unspecified atom stereocenters. The fraction of sp³-hybridized carbons (Fsp3) is 0.520.